The van der Waals surface area contributed by atoms with Crippen molar-refractivity contribution in [2.45, 2.75) is 267 Å². The Balaban J connectivity index is 1.59. The minimum Gasteiger partial charge on any atom is -0.479 e. The van der Waals surface area contributed by atoms with Gasteiger partial charge in [-0.1, -0.05) is 117 Å². The number of unbranched alkanes of at least 4 members (excludes halogenated alkanes) is 13. The maximum atomic E-state index is 12.3. The van der Waals surface area contributed by atoms with Gasteiger partial charge in [-0.05, 0) is 44.4 Å². The fourth-order valence-electron chi connectivity index (χ4n) is 8.83. The molecule has 3 saturated heterocycles. The molecule has 20 nitrogen and oxygen atoms in total. The molecule has 0 saturated carbocycles. The Labute approximate surface area is 408 Å². The van der Waals surface area contributed by atoms with Gasteiger partial charge in [-0.2, -0.15) is 0 Å². The molecule has 0 aromatic heterocycles. The highest BCUT2D eigenvalue weighted by atomic mass is 16.8. The van der Waals surface area contributed by atoms with Gasteiger partial charge in [0.2, 0.25) is 0 Å². The van der Waals surface area contributed by atoms with E-state index in [0.717, 1.165) is 103 Å². The summed E-state index contributed by atoms with van der Waals surface area (Å²) in [5.74, 6) is -2.51. The van der Waals surface area contributed by atoms with Crippen LogP contribution in [0.2, 0.25) is 0 Å². The Morgan fingerprint density at radius 3 is 1.75 bits per heavy atom. The molecule has 3 rings (SSSR count). The molecule has 20 heteroatoms. The van der Waals surface area contributed by atoms with Crippen molar-refractivity contribution in [3.05, 3.63) is 0 Å². The molecule has 16 unspecified atom stereocenters. The van der Waals surface area contributed by atoms with Gasteiger partial charge in [-0.3, -0.25) is 9.59 Å². The Morgan fingerprint density at radius 1 is 0.609 bits per heavy atom. The third kappa shape index (κ3) is 22.7. The van der Waals surface area contributed by atoms with Crippen LogP contribution in [0.4, 0.5) is 0 Å². The Hall–Kier alpha value is -2.15. The number of ether oxygens (including phenoxy) is 8. The van der Waals surface area contributed by atoms with E-state index in [9.17, 15) is 55.2 Å². The fraction of sp³-hybridized carbons (Fsp3) is 0.939. The van der Waals surface area contributed by atoms with Gasteiger partial charge in [0.1, 0.15) is 61.5 Å². The fourth-order valence-corrected chi connectivity index (χ4v) is 8.83. The van der Waals surface area contributed by atoms with Crippen LogP contribution in [-0.2, 0) is 52.3 Å². The standard InChI is InChI=1S/C49H88O20/c1-5-6-7-18-23-33(24-20-22-32(51)21-17-15-13-11-9-8-10-12-14-16-19-25-34(52)46(60)61)66-48-44(39(55)35(53)27-63-48)69-49-45(41(57)37(29-64-49)65-31(4)50)68-47-43(59)42(58)40(56)36(67-47)28-62-38(54)26-30(2)3/h30,32-37,39-45,47-49,51-53,55-59H,5-29H2,1-4H3,(H,60,61). The third-order valence-corrected chi connectivity index (χ3v) is 13.0. The molecular weight excluding hydrogens is 909 g/mol. The summed E-state index contributed by atoms with van der Waals surface area (Å²) in [5, 5.41) is 95.0. The average Bonchev–Trinajstić information content (AvgIpc) is 3.29. The predicted octanol–water partition coefficient (Wildman–Crippen LogP) is 3.28. The van der Waals surface area contributed by atoms with Crippen LogP contribution in [0.5, 0.6) is 0 Å². The number of carboxylic acids is 1. The van der Waals surface area contributed by atoms with Crippen molar-refractivity contribution in [3.63, 3.8) is 0 Å². The Morgan fingerprint density at radius 2 is 1.14 bits per heavy atom. The van der Waals surface area contributed by atoms with Gasteiger partial charge in [0.15, 0.2) is 31.1 Å². The molecule has 16 atom stereocenters. The van der Waals surface area contributed by atoms with Crippen LogP contribution in [0.15, 0.2) is 0 Å². The lowest BCUT2D eigenvalue weighted by atomic mass is 9.98. The molecule has 3 aliphatic heterocycles. The van der Waals surface area contributed by atoms with Crippen LogP contribution in [0.1, 0.15) is 169 Å². The largest absolute Gasteiger partial charge is 0.479 e. The van der Waals surface area contributed by atoms with Gasteiger partial charge < -0.3 is 83.9 Å². The SMILES string of the molecule is CCCCCCC(CCCC(O)CCCCCCCCCCCCCC(O)C(=O)O)OC1OCC(O)C(O)C1OC1OCC(OC(C)=O)C(O)C1OC1OC(COC(=O)CC(C)C)C(O)C(O)C1O. The van der Waals surface area contributed by atoms with E-state index in [1.165, 1.54) is 0 Å². The normalized spacial score (nSPS) is 31.0. The molecule has 9 N–H and O–H groups in total. The highest BCUT2D eigenvalue weighted by Gasteiger charge is 2.52. The van der Waals surface area contributed by atoms with Crippen molar-refractivity contribution in [1.82, 2.24) is 0 Å². The van der Waals surface area contributed by atoms with E-state index in [2.05, 4.69) is 6.92 Å². The summed E-state index contributed by atoms with van der Waals surface area (Å²) in [6, 6.07) is 0. The van der Waals surface area contributed by atoms with E-state index < -0.39 is 123 Å². The second kappa shape index (κ2) is 33.6. The number of aliphatic carboxylic acids is 1. The summed E-state index contributed by atoms with van der Waals surface area (Å²) in [5.41, 5.74) is 0. The predicted molar refractivity (Wildman–Crippen MR) is 247 cm³/mol. The zero-order chi connectivity index (χ0) is 50.9. The van der Waals surface area contributed by atoms with Gasteiger partial charge in [-0.15, -0.1) is 0 Å². The number of rotatable bonds is 35. The van der Waals surface area contributed by atoms with Crippen LogP contribution < -0.4 is 0 Å². The number of carbonyl (C=O) groups is 3. The van der Waals surface area contributed by atoms with Crippen LogP contribution in [0.3, 0.4) is 0 Å². The molecule has 69 heavy (non-hydrogen) atoms. The number of aliphatic hydroxyl groups is 8. The van der Waals surface area contributed by atoms with E-state index in [1.807, 2.05) is 13.8 Å². The molecule has 3 fully saturated rings. The summed E-state index contributed by atoms with van der Waals surface area (Å²) in [6.07, 6.45) is -3.86. The zero-order valence-corrected chi connectivity index (χ0v) is 41.5. The first-order chi connectivity index (χ1) is 32.9. The molecule has 3 heterocycles. The number of hydrogen-bond donors (Lipinski definition) is 9. The molecule has 0 radical (unpaired) electrons. The van der Waals surface area contributed by atoms with Gasteiger partial charge in [0.05, 0.1) is 25.4 Å². The molecule has 0 bridgehead atoms. The van der Waals surface area contributed by atoms with Crippen molar-refractivity contribution >= 4 is 17.9 Å². The number of hydrogen-bond acceptors (Lipinski definition) is 19. The lowest BCUT2D eigenvalue weighted by Crippen LogP contribution is -2.65. The smallest absolute Gasteiger partial charge is 0.332 e. The first-order valence-electron chi connectivity index (χ1n) is 25.8. The number of carboxylic acid groups (broad SMARTS) is 1. The number of carbonyl (C=O) groups excluding carboxylic acids is 2. The van der Waals surface area contributed by atoms with Gasteiger partial charge in [0.25, 0.3) is 0 Å². The van der Waals surface area contributed by atoms with Crippen molar-refractivity contribution in [3.8, 4) is 0 Å². The summed E-state index contributed by atoms with van der Waals surface area (Å²) in [4.78, 5) is 35.0. The number of aliphatic hydroxyl groups excluding tert-OH is 8. The first-order valence-corrected chi connectivity index (χ1v) is 25.8. The van der Waals surface area contributed by atoms with E-state index in [-0.39, 0.29) is 25.0 Å². The minimum atomic E-state index is -1.90. The second-order valence-corrected chi connectivity index (χ2v) is 19.6. The molecule has 0 aromatic carbocycles. The van der Waals surface area contributed by atoms with Gasteiger partial charge >= 0.3 is 17.9 Å². The van der Waals surface area contributed by atoms with Crippen molar-refractivity contribution < 1.29 is 98.2 Å². The second-order valence-electron chi connectivity index (χ2n) is 19.6. The lowest BCUT2D eigenvalue weighted by molar-refractivity contribution is -0.380. The van der Waals surface area contributed by atoms with E-state index in [0.29, 0.717) is 38.5 Å². The summed E-state index contributed by atoms with van der Waals surface area (Å²) in [7, 11) is 0. The molecule has 0 spiro atoms. The Bertz CT molecular complexity index is 1410. The molecule has 404 valence electrons. The summed E-state index contributed by atoms with van der Waals surface area (Å²) in [6.45, 7) is 5.68. The maximum absolute atomic E-state index is 12.3. The summed E-state index contributed by atoms with van der Waals surface area (Å²) < 4.78 is 46.9. The van der Waals surface area contributed by atoms with Gasteiger partial charge in [-0.25, -0.2) is 4.79 Å². The van der Waals surface area contributed by atoms with Crippen molar-refractivity contribution in [1.29, 1.82) is 0 Å². The molecular formula is C49H88O20. The molecule has 0 aliphatic carbocycles. The monoisotopic (exact) mass is 997 g/mol. The Kier molecular flexibility index (Phi) is 29.7. The quantitative estimate of drug-likeness (QED) is 0.0325. The molecule has 0 amide bonds. The number of esters is 2. The highest BCUT2D eigenvalue weighted by molar-refractivity contribution is 5.71. The van der Waals surface area contributed by atoms with Crippen molar-refractivity contribution in [2.75, 3.05) is 19.8 Å². The average molecular weight is 997 g/mol. The molecule has 3 aliphatic rings. The van der Waals surface area contributed by atoms with E-state index >= 15 is 0 Å². The van der Waals surface area contributed by atoms with Crippen molar-refractivity contribution in [2.24, 2.45) is 5.92 Å². The highest BCUT2D eigenvalue weighted by Crippen LogP contribution is 2.33. The molecule has 0 aromatic rings. The third-order valence-electron chi connectivity index (χ3n) is 13.0. The van der Waals surface area contributed by atoms with E-state index in [4.69, 9.17) is 43.0 Å². The first kappa shape index (κ1) is 61.2. The lowest BCUT2D eigenvalue weighted by Gasteiger charge is -2.46. The zero-order valence-electron chi connectivity index (χ0n) is 41.5. The maximum Gasteiger partial charge on any atom is 0.332 e. The van der Waals surface area contributed by atoms with Gasteiger partial charge in [0, 0.05) is 13.3 Å². The minimum absolute atomic E-state index is 0.0192. The van der Waals surface area contributed by atoms with Crippen LogP contribution >= 0.6 is 0 Å². The summed E-state index contributed by atoms with van der Waals surface area (Å²) >= 11 is 0. The van der Waals surface area contributed by atoms with Crippen LogP contribution in [-0.4, -0.2) is 182 Å². The van der Waals surface area contributed by atoms with E-state index in [1.54, 1.807) is 0 Å². The topological polar surface area (TPSA) is 307 Å². The van der Waals surface area contributed by atoms with Crippen LogP contribution in [0.25, 0.3) is 0 Å². The van der Waals surface area contributed by atoms with Crippen LogP contribution in [0, 0.1) is 5.92 Å².